The molecule has 0 spiro atoms. The molecule has 2 rings (SSSR count). The lowest BCUT2D eigenvalue weighted by atomic mass is 9.83. The molecule has 1 aliphatic carbocycles. The van der Waals surface area contributed by atoms with Gasteiger partial charge in [0, 0.05) is 11.2 Å². The molecule has 0 atom stereocenters. The lowest BCUT2D eigenvalue weighted by Gasteiger charge is -2.35. The van der Waals surface area contributed by atoms with Crippen LogP contribution in [0.1, 0.15) is 39.0 Å². The van der Waals surface area contributed by atoms with Crippen LogP contribution in [-0.2, 0) is 0 Å². The minimum absolute atomic E-state index is 0.178. The van der Waals surface area contributed by atoms with Crippen LogP contribution in [-0.4, -0.2) is 10.7 Å². The average molecular weight is 248 g/mol. The Morgan fingerprint density at radius 3 is 2.41 bits per heavy atom. The van der Waals surface area contributed by atoms with E-state index in [4.69, 9.17) is 12.2 Å². The summed E-state index contributed by atoms with van der Waals surface area (Å²) in [6.07, 6.45) is 6.39. The molecular formula is C14H20N2S. The van der Waals surface area contributed by atoms with Crippen molar-refractivity contribution in [1.29, 1.82) is 0 Å². The highest BCUT2D eigenvalue weighted by molar-refractivity contribution is 7.80. The largest absolute Gasteiger partial charge is 0.357 e. The number of hydrogen-bond acceptors (Lipinski definition) is 1. The summed E-state index contributed by atoms with van der Waals surface area (Å²) in [5.41, 5.74) is 1.22. The van der Waals surface area contributed by atoms with E-state index in [-0.39, 0.29) is 5.54 Å². The van der Waals surface area contributed by atoms with E-state index in [1.165, 1.54) is 32.1 Å². The standard InChI is InChI=1S/C14H20N2S/c1-14(10-6-3-7-11-14)16-13(17)15-12-8-4-2-5-9-12/h2,4-5,8-9H,3,6-7,10-11H2,1H3,(H2,15,16,17). The first-order valence-corrected chi connectivity index (χ1v) is 6.73. The molecule has 1 aromatic carbocycles. The van der Waals surface area contributed by atoms with E-state index in [0.717, 1.165) is 10.8 Å². The second-order valence-electron chi connectivity index (χ2n) is 5.07. The predicted octanol–water partition coefficient (Wildman–Crippen LogP) is 3.70. The van der Waals surface area contributed by atoms with Crippen LogP contribution in [0.15, 0.2) is 30.3 Å². The third-order valence-corrected chi connectivity index (χ3v) is 3.61. The normalized spacial score (nSPS) is 18.4. The van der Waals surface area contributed by atoms with Gasteiger partial charge in [-0.25, -0.2) is 0 Å². The molecular weight excluding hydrogens is 228 g/mol. The maximum absolute atomic E-state index is 5.37. The SMILES string of the molecule is CC1(NC(=S)Nc2ccccc2)CCCCC1. The van der Waals surface area contributed by atoms with E-state index in [0.29, 0.717) is 0 Å². The van der Waals surface area contributed by atoms with Gasteiger partial charge in [-0.1, -0.05) is 37.5 Å². The molecule has 1 saturated carbocycles. The number of anilines is 1. The zero-order valence-electron chi connectivity index (χ0n) is 10.3. The van der Waals surface area contributed by atoms with Gasteiger partial charge < -0.3 is 10.6 Å². The van der Waals surface area contributed by atoms with Crippen molar-refractivity contribution in [3.8, 4) is 0 Å². The first-order valence-electron chi connectivity index (χ1n) is 6.32. The molecule has 17 heavy (non-hydrogen) atoms. The van der Waals surface area contributed by atoms with E-state index in [1.807, 2.05) is 30.3 Å². The van der Waals surface area contributed by atoms with Crippen LogP contribution >= 0.6 is 12.2 Å². The monoisotopic (exact) mass is 248 g/mol. The van der Waals surface area contributed by atoms with Crippen molar-refractivity contribution in [2.75, 3.05) is 5.32 Å². The predicted molar refractivity (Wildman–Crippen MR) is 77.3 cm³/mol. The minimum Gasteiger partial charge on any atom is -0.357 e. The van der Waals surface area contributed by atoms with Crippen molar-refractivity contribution in [2.24, 2.45) is 0 Å². The van der Waals surface area contributed by atoms with Crippen LogP contribution in [0.25, 0.3) is 0 Å². The van der Waals surface area contributed by atoms with Gasteiger partial charge in [-0.3, -0.25) is 0 Å². The Bertz CT molecular complexity index is 369. The van der Waals surface area contributed by atoms with Crippen molar-refractivity contribution in [3.63, 3.8) is 0 Å². The van der Waals surface area contributed by atoms with Crippen molar-refractivity contribution < 1.29 is 0 Å². The van der Waals surface area contributed by atoms with Gasteiger partial charge in [0.1, 0.15) is 0 Å². The third kappa shape index (κ3) is 3.70. The summed E-state index contributed by atoms with van der Waals surface area (Å²) in [6, 6.07) is 10.1. The molecule has 0 heterocycles. The maximum atomic E-state index is 5.37. The summed E-state index contributed by atoms with van der Waals surface area (Å²) < 4.78 is 0. The van der Waals surface area contributed by atoms with Gasteiger partial charge in [-0.2, -0.15) is 0 Å². The molecule has 2 nitrogen and oxygen atoms in total. The number of para-hydroxylation sites is 1. The molecule has 0 bridgehead atoms. The second kappa shape index (κ2) is 5.50. The maximum Gasteiger partial charge on any atom is 0.171 e. The van der Waals surface area contributed by atoms with E-state index < -0.39 is 0 Å². The average Bonchev–Trinajstić information content (AvgIpc) is 2.30. The Balaban J connectivity index is 1.88. The van der Waals surface area contributed by atoms with Gasteiger partial charge in [-0.05, 0) is 44.1 Å². The van der Waals surface area contributed by atoms with Crippen molar-refractivity contribution >= 4 is 23.0 Å². The van der Waals surface area contributed by atoms with E-state index in [9.17, 15) is 0 Å². The van der Waals surface area contributed by atoms with Gasteiger partial charge in [0.2, 0.25) is 0 Å². The molecule has 1 aromatic rings. The van der Waals surface area contributed by atoms with Gasteiger partial charge in [0.15, 0.2) is 5.11 Å². The summed E-state index contributed by atoms with van der Waals surface area (Å²) in [5, 5.41) is 7.44. The molecule has 0 aromatic heterocycles. The zero-order chi connectivity index (χ0) is 12.1. The van der Waals surface area contributed by atoms with Crippen LogP contribution in [0.2, 0.25) is 0 Å². The van der Waals surface area contributed by atoms with E-state index in [2.05, 4.69) is 17.6 Å². The molecule has 0 amide bonds. The number of rotatable bonds is 2. The minimum atomic E-state index is 0.178. The Hall–Kier alpha value is -1.09. The van der Waals surface area contributed by atoms with Crippen LogP contribution in [0.5, 0.6) is 0 Å². The van der Waals surface area contributed by atoms with Gasteiger partial charge >= 0.3 is 0 Å². The molecule has 1 aliphatic rings. The molecule has 3 heteroatoms. The second-order valence-corrected chi connectivity index (χ2v) is 5.47. The Labute approximate surface area is 109 Å². The molecule has 0 saturated heterocycles. The third-order valence-electron chi connectivity index (χ3n) is 3.40. The van der Waals surface area contributed by atoms with Crippen LogP contribution in [0.4, 0.5) is 5.69 Å². The fourth-order valence-corrected chi connectivity index (χ4v) is 2.78. The number of thiocarbonyl (C=S) groups is 1. The first-order chi connectivity index (χ1) is 8.18. The lowest BCUT2D eigenvalue weighted by molar-refractivity contribution is 0.292. The van der Waals surface area contributed by atoms with Crippen molar-refractivity contribution in [1.82, 2.24) is 5.32 Å². The Kier molecular flexibility index (Phi) is 4.00. The van der Waals surface area contributed by atoms with E-state index in [1.54, 1.807) is 0 Å². The molecule has 0 unspecified atom stereocenters. The molecule has 2 N–H and O–H groups in total. The van der Waals surface area contributed by atoms with E-state index >= 15 is 0 Å². The molecule has 0 aliphatic heterocycles. The highest BCUT2D eigenvalue weighted by Crippen LogP contribution is 2.27. The smallest absolute Gasteiger partial charge is 0.171 e. The summed E-state index contributed by atoms with van der Waals surface area (Å²) in [5.74, 6) is 0. The number of nitrogens with one attached hydrogen (secondary N) is 2. The topological polar surface area (TPSA) is 24.1 Å². The van der Waals surface area contributed by atoms with Crippen molar-refractivity contribution in [3.05, 3.63) is 30.3 Å². The summed E-state index contributed by atoms with van der Waals surface area (Å²) >= 11 is 5.37. The molecule has 1 fully saturated rings. The zero-order valence-corrected chi connectivity index (χ0v) is 11.1. The van der Waals surface area contributed by atoms with Crippen LogP contribution in [0, 0.1) is 0 Å². The Morgan fingerprint density at radius 2 is 1.76 bits per heavy atom. The van der Waals surface area contributed by atoms with Gasteiger partial charge in [0.25, 0.3) is 0 Å². The summed E-state index contributed by atoms with van der Waals surface area (Å²) in [7, 11) is 0. The highest BCUT2D eigenvalue weighted by atomic mass is 32.1. The fraction of sp³-hybridized carbons (Fsp3) is 0.500. The fourth-order valence-electron chi connectivity index (χ4n) is 2.42. The molecule has 0 radical (unpaired) electrons. The number of benzene rings is 1. The van der Waals surface area contributed by atoms with Crippen molar-refractivity contribution in [2.45, 2.75) is 44.6 Å². The van der Waals surface area contributed by atoms with Crippen LogP contribution in [0.3, 0.4) is 0 Å². The quantitative estimate of drug-likeness (QED) is 0.780. The Morgan fingerprint density at radius 1 is 1.12 bits per heavy atom. The lowest BCUT2D eigenvalue weighted by Crippen LogP contribution is -2.48. The van der Waals surface area contributed by atoms with Gasteiger partial charge in [0.05, 0.1) is 0 Å². The van der Waals surface area contributed by atoms with Crippen LogP contribution < -0.4 is 10.6 Å². The van der Waals surface area contributed by atoms with Gasteiger partial charge in [-0.15, -0.1) is 0 Å². The summed E-state index contributed by atoms with van der Waals surface area (Å²) in [4.78, 5) is 0. The first kappa shape index (κ1) is 12.4. The number of hydrogen-bond donors (Lipinski definition) is 2. The molecule has 92 valence electrons. The highest BCUT2D eigenvalue weighted by Gasteiger charge is 2.26. The summed E-state index contributed by atoms with van der Waals surface area (Å²) in [6.45, 7) is 2.27.